The van der Waals surface area contributed by atoms with Gasteiger partial charge in [-0.1, -0.05) is 13.3 Å². The summed E-state index contributed by atoms with van der Waals surface area (Å²) in [6.07, 6.45) is 0.495. The molecule has 1 atom stereocenters. The SMILES string of the molecule is CCCC(Oc1cc(OC)cc(C(N)=O)c1)C(=O)NN. The molecule has 2 amide bonds. The number of hydrazine groups is 1. The third-order valence-electron chi connectivity index (χ3n) is 2.66. The van der Waals surface area contributed by atoms with Gasteiger partial charge in [-0.25, -0.2) is 5.84 Å². The molecule has 20 heavy (non-hydrogen) atoms. The number of amides is 2. The van der Waals surface area contributed by atoms with E-state index in [-0.39, 0.29) is 5.56 Å². The van der Waals surface area contributed by atoms with Crippen molar-refractivity contribution in [3.63, 3.8) is 0 Å². The average molecular weight is 281 g/mol. The molecule has 0 heterocycles. The lowest BCUT2D eigenvalue weighted by molar-refractivity contribution is -0.128. The molecule has 0 spiro atoms. The molecule has 0 aliphatic rings. The largest absolute Gasteiger partial charge is 0.497 e. The van der Waals surface area contributed by atoms with E-state index < -0.39 is 17.9 Å². The number of benzene rings is 1. The zero-order valence-electron chi connectivity index (χ0n) is 11.5. The van der Waals surface area contributed by atoms with Gasteiger partial charge in [0.1, 0.15) is 11.5 Å². The summed E-state index contributed by atoms with van der Waals surface area (Å²) in [4.78, 5) is 22.8. The standard InChI is InChI=1S/C13H19N3O4/c1-3-4-11(13(18)16-15)20-10-6-8(12(14)17)5-9(7-10)19-2/h5-7,11H,3-4,15H2,1-2H3,(H2,14,17)(H,16,18). The number of nitrogens with one attached hydrogen (secondary N) is 1. The molecule has 0 bridgehead atoms. The van der Waals surface area contributed by atoms with Gasteiger partial charge in [-0.2, -0.15) is 0 Å². The first kappa shape index (κ1) is 15.8. The summed E-state index contributed by atoms with van der Waals surface area (Å²) in [5, 5.41) is 0. The van der Waals surface area contributed by atoms with Crippen LogP contribution in [0.2, 0.25) is 0 Å². The van der Waals surface area contributed by atoms with Crippen LogP contribution in [0.3, 0.4) is 0 Å². The number of ether oxygens (including phenoxy) is 2. The number of hydrogen-bond acceptors (Lipinski definition) is 5. The normalized spacial score (nSPS) is 11.6. The molecule has 0 aromatic heterocycles. The number of nitrogens with two attached hydrogens (primary N) is 2. The number of hydrogen-bond donors (Lipinski definition) is 3. The Labute approximate surface area is 117 Å². The Bertz CT molecular complexity index is 491. The van der Waals surface area contributed by atoms with E-state index in [9.17, 15) is 9.59 Å². The number of primary amides is 1. The second kappa shape index (κ2) is 7.34. The summed E-state index contributed by atoms with van der Waals surface area (Å²) in [6, 6.07) is 4.52. The van der Waals surface area contributed by atoms with Gasteiger partial charge >= 0.3 is 0 Å². The summed E-state index contributed by atoms with van der Waals surface area (Å²) in [5.74, 6) is 4.81. The molecule has 1 rings (SSSR count). The van der Waals surface area contributed by atoms with Gasteiger partial charge in [-0.05, 0) is 18.6 Å². The molecule has 0 fully saturated rings. The molecule has 0 saturated carbocycles. The van der Waals surface area contributed by atoms with E-state index >= 15 is 0 Å². The predicted molar refractivity (Wildman–Crippen MR) is 73.2 cm³/mol. The van der Waals surface area contributed by atoms with Gasteiger partial charge in [0.15, 0.2) is 6.10 Å². The monoisotopic (exact) mass is 281 g/mol. The van der Waals surface area contributed by atoms with Crippen LogP contribution in [0.1, 0.15) is 30.1 Å². The van der Waals surface area contributed by atoms with E-state index in [1.807, 2.05) is 12.3 Å². The maximum Gasteiger partial charge on any atom is 0.274 e. The lowest BCUT2D eigenvalue weighted by Crippen LogP contribution is -2.42. The third-order valence-corrected chi connectivity index (χ3v) is 2.66. The highest BCUT2D eigenvalue weighted by Crippen LogP contribution is 2.24. The minimum absolute atomic E-state index is 0.239. The lowest BCUT2D eigenvalue weighted by atomic mass is 10.1. The Morgan fingerprint density at radius 2 is 1.95 bits per heavy atom. The number of carbonyl (C=O) groups excluding carboxylic acids is 2. The minimum Gasteiger partial charge on any atom is -0.497 e. The Morgan fingerprint density at radius 1 is 1.30 bits per heavy atom. The zero-order valence-corrected chi connectivity index (χ0v) is 11.5. The van der Waals surface area contributed by atoms with Crippen molar-refractivity contribution < 1.29 is 19.1 Å². The predicted octanol–water partition coefficient (Wildman–Crippen LogP) is 0.332. The second-order valence-electron chi connectivity index (χ2n) is 4.17. The van der Waals surface area contributed by atoms with Gasteiger partial charge in [-0.15, -0.1) is 0 Å². The number of rotatable bonds is 7. The van der Waals surface area contributed by atoms with Crippen molar-refractivity contribution in [2.24, 2.45) is 11.6 Å². The highest BCUT2D eigenvalue weighted by Gasteiger charge is 2.19. The summed E-state index contributed by atoms with van der Waals surface area (Å²) in [6.45, 7) is 1.92. The quantitative estimate of drug-likeness (QED) is 0.378. The fourth-order valence-electron chi connectivity index (χ4n) is 1.66. The molecular weight excluding hydrogens is 262 g/mol. The topological polar surface area (TPSA) is 117 Å². The molecule has 0 aliphatic carbocycles. The van der Waals surface area contributed by atoms with Crippen molar-refractivity contribution in [2.45, 2.75) is 25.9 Å². The number of methoxy groups -OCH3 is 1. The molecule has 110 valence electrons. The Kier molecular flexibility index (Phi) is 5.79. The maximum absolute atomic E-state index is 11.6. The molecular formula is C13H19N3O4. The van der Waals surface area contributed by atoms with Crippen molar-refractivity contribution in [2.75, 3.05) is 7.11 Å². The first-order valence-corrected chi connectivity index (χ1v) is 6.17. The Morgan fingerprint density at radius 3 is 2.45 bits per heavy atom. The van der Waals surface area contributed by atoms with E-state index in [4.69, 9.17) is 21.1 Å². The fraction of sp³-hybridized carbons (Fsp3) is 0.385. The lowest BCUT2D eigenvalue weighted by Gasteiger charge is -2.17. The average Bonchev–Trinajstić information content (AvgIpc) is 2.45. The minimum atomic E-state index is -0.738. The fourth-order valence-corrected chi connectivity index (χ4v) is 1.66. The van der Waals surface area contributed by atoms with E-state index in [0.29, 0.717) is 17.9 Å². The molecule has 1 aromatic carbocycles. The van der Waals surface area contributed by atoms with E-state index in [1.165, 1.54) is 19.2 Å². The van der Waals surface area contributed by atoms with Crippen LogP contribution in [0.5, 0.6) is 11.5 Å². The van der Waals surface area contributed by atoms with Crippen LogP contribution in [0.25, 0.3) is 0 Å². The molecule has 5 N–H and O–H groups in total. The van der Waals surface area contributed by atoms with Crippen molar-refractivity contribution in [1.29, 1.82) is 0 Å². The summed E-state index contributed by atoms with van der Waals surface area (Å²) in [7, 11) is 1.46. The molecule has 1 unspecified atom stereocenters. The van der Waals surface area contributed by atoms with Crippen molar-refractivity contribution >= 4 is 11.8 Å². The first-order chi connectivity index (χ1) is 9.51. The first-order valence-electron chi connectivity index (χ1n) is 6.17. The van der Waals surface area contributed by atoms with Crippen LogP contribution < -0.4 is 26.5 Å². The van der Waals surface area contributed by atoms with Crippen molar-refractivity contribution in [3.05, 3.63) is 23.8 Å². The Balaban J connectivity index is 3.02. The van der Waals surface area contributed by atoms with Gasteiger partial charge in [0.2, 0.25) is 5.91 Å². The summed E-state index contributed by atoms with van der Waals surface area (Å²) < 4.78 is 10.6. The van der Waals surface area contributed by atoms with Gasteiger partial charge in [0.25, 0.3) is 5.91 Å². The van der Waals surface area contributed by atoms with Crippen LogP contribution >= 0.6 is 0 Å². The molecule has 0 saturated heterocycles. The van der Waals surface area contributed by atoms with Crippen LogP contribution in [-0.2, 0) is 4.79 Å². The van der Waals surface area contributed by atoms with Crippen LogP contribution in [0.15, 0.2) is 18.2 Å². The molecule has 0 radical (unpaired) electrons. The van der Waals surface area contributed by atoms with E-state index in [0.717, 1.165) is 6.42 Å². The summed E-state index contributed by atoms with van der Waals surface area (Å²) in [5.41, 5.74) is 7.52. The van der Waals surface area contributed by atoms with Crippen molar-refractivity contribution in [1.82, 2.24) is 5.43 Å². The molecule has 7 heteroatoms. The van der Waals surface area contributed by atoms with Gasteiger partial charge in [0, 0.05) is 11.6 Å². The zero-order chi connectivity index (χ0) is 15.1. The van der Waals surface area contributed by atoms with Gasteiger partial charge in [-0.3, -0.25) is 15.0 Å². The molecule has 1 aromatic rings. The van der Waals surface area contributed by atoms with Crippen LogP contribution in [-0.4, -0.2) is 25.0 Å². The van der Waals surface area contributed by atoms with Gasteiger partial charge in [0.05, 0.1) is 7.11 Å². The third kappa shape index (κ3) is 4.13. The van der Waals surface area contributed by atoms with Gasteiger partial charge < -0.3 is 15.2 Å². The highest BCUT2D eigenvalue weighted by atomic mass is 16.5. The Hall–Kier alpha value is -2.28. The summed E-state index contributed by atoms with van der Waals surface area (Å²) >= 11 is 0. The number of carbonyl (C=O) groups is 2. The molecule has 7 nitrogen and oxygen atoms in total. The van der Waals surface area contributed by atoms with E-state index in [2.05, 4.69) is 0 Å². The highest BCUT2D eigenvalue weighted by molar-refractivity contribution is 5.93. The van der Waals surface area contributed by atoms with E-state index in [1.54, 1.807) is 6.07 Å². The smallest absolute Gasteiger partial charge is 0.274 e. The van der Waals surface area contributed by atoms with Crippen LogP contribution in [0.4, 0.5) is 0 Å². The maximum atomic E-state index is 11.6. The second-order valence-corrected chi connectivity index (χ2v) is 4.17. The molecule has 0 aliphatic heterocycles. The van der Waals surface area contributed by atoms with Crippen LogP contribution in [0, 0.1) is 0 Å². The van der Waals surface area contributed by atoms with Crippen molar-refractivity contribution in [3.8, 4) is 11.5 Å².